The van der Waals surface area contributed by atoms with Gasteiger partial charge in [-0.05, 0) is 25.0 Å². The molecule has 19 heavy (non-hydrogen) atoms. The number of anilines is 1. The predicted molar refractivity (Wildman–Crippen MR) is 78.4 cm³/mol. The van der Waals surface area contributed by atoms with Gasteiger partial charge in [0.05, 0.1) is 11.1 Å². The second kappa shape index (κ2) is 5.69. The number of rotatable bonds is 3. The fraction of sp³-hybridized carbons (Fsp3) is 0.538. The number of halogens is 1. The minimum Gasteiger partial charge on any atom is -0.369 e. The van der Waals surface area contributed by atoms with Gasteiger partial charge in [0.2, 0.25) is 10.0 Å². The van der Waals surface area contributed by atoms with Crippen LogP contribution in [0.5, 0.6) is 0 Å². The van der Waals surface area contributed by atoms with Crippen molar-refractivity contribution in [3.05, 3.63) is 24.3 Å². The molecule has 0 amide bonds. The van der Waals surface area contributed by atoms with Crippen LogP contribution in [-0.2, 0) is 10.0 Å². The minimum absolute atomic E-state index is 0.0869. The van der Waals surface area contributed by atoms with Gasteiger partial charge < -0.3 is 4.90 Å². The summed E-state index contributed by atoms with van der Waals surface area (Å²) in [5.41, 5.74) is 0.751. The van der Waals surface area contributed by atoms with Crippen molar-refractivity contribution in [2.45, 2.75) is 23.1 Å². The van der Waals surface area contributed by atoms with Gasteiger partial charge in [0.25, 0.3) is 0 Å². The SMILES string of the molecule is CN(C)S(=O)(=O)c1ccccc1N1CCCC(Cl)C1. The first-order valence-electron chi connectivity index (χ1n) is 6.33. The van der Waals surface area contributed by atoms with E-state index in [1.165, 1.54) is 4.31 Å². The Hall–Kier alpha value is -0.780. The number of para-hydroxylation sites is 1. The number of piperidine rings is 1. The van der Waals surface area contributed by atoms with E-state index in [4.69, 9.17) is 11.6 Å². The Morgan fingerprint density at radius 3 is 2.63 bits per heavy atom. The van der Waals surface area contributed by atoms with Crippen molar-refractivity contribution in [2.75, 3.05) is 32.1 Å². The van der Waals surface area contributed by atoms with E-state index in [1.807, 2.05) is 12.1 Å². The molecule has 1 fully saturated rings. The predicted octanol–water partition coefficient (Wildman–Crippen LogP) is 2.14. The first-order chi connectivity index (χ1) is 8.93. The molecule has 2 rings (SSSR count). The summed E-state index contributed by atoms with van der Waals surface area (Å²) in [6, 6.07) is 7.12. The van der Waals surface area contributed by atoms with Gasteiger partial charge in [0.15, 0.2) is 0 Å². The van der Waals surface area contributed by atoms with Crippen molar-refractivity contribution in [3.8, 4) is 0 Å². The van der Waals surface area contributed by atoms with E-state index in [0.29, 0.717) is 11.4 Å². The minimum atomic E-state index is -3.43. The van der Waals surface area contributed by atoms with Crippen LogP contribution in [0.1, 0.15) is 12.8 Å². The summed E-state index contributed by atoms with van der Waals surface area (Å²) in [6.45, 7) is 1.55. The molecule has 1 atom stereocenters. The van der Waals surface area contributed by atoms with Crippen molar-refractivity contribution >= 4 is 27.3 Å². The number of benzene rings is 1. The lowest BCUT2D eigenvalue weighted by Gasteiger charge is -2.33. The Morgan fingerprint density at radius 2 is 2.00 bits per heavy atom. The van der Waals surface area contributed by atoms with E-state index in [1.54, 1.807) is 26.2 Å². The normalized spacial score (nSPS) is 20.8. The maximum Gasteiger partial charge on any atom is 0.244 e. The Bertz CT molecular complexity index is 545. The van der Waals surface area contributed by atoms with Crippen molar-refractivity contribution in [1.29, 1.82) is 0 Å². The monoisotopic (exact) mass is 302 g/mol. The Labute approximate surface area is 120 Å². The lowest BCUT2D eigenvalue weighted by molar-refractivity contribution is 0.519. The number of nitrogens with zero attached hydrogens (tertiary/aromatic N) is 2. The number of hydrogen-bond acceptors (Lipinski definition) is 3. The molecule has 6 heteroatoms. The summed E-state index contributed by atoms with van der Waals surface area (Å²) >= 11 is 6.19. The second-order valence-electron chi connectivity index (χ2n) is 4.94. The van der Waals surface area contributed by atoms with Crippen LogP contribution in [0, 0.1) is 0 Å². The molecule has 1 aliphatic heterocycles. The largest absolute Gasteiger partial charge is 0.369 e. The Kier molecular flexibility index (Phi) is 4.38. The summed E-state index contributed by atoms with van der Waals surface area (Å²) in [5, 5.41) is 0.0869. The van der Waals surface area contributed by atoms with Gasteiger partial charge in [0.1, 0.15) is 4.90 Å². The quantitative estimate of drug-likeness (QED) is 0.803. The fourth-order valence-electron chi connectivity index (χ4n) is 2.28. The third-order valence-electron chi connectivity index (χ3n) is 3.33. The zero-order valence-corrected chi connectivity index (χ0v) is 12.8. The third kappa shape index (κ3) is 3.04. The molecule has 0 spiro atoms. The van der Waals surface area contributed by atoms with Gasteiger partial charge in [-0.1, -0.05) is 12.1 Å². The second-order valence-corrected chi connectivity index (χ2v) is 7.68. The van der Waals surface area contributed by atoms with Crippen LogP contribution >= 0.6 is 11.6 Å². The van der Waals surface area contributed by atoms with E-state index < -0.39 is 10.0 Å². The molecule has 0 saturated carbocycles. The maximum absolute atomic E-state index is 12.3. The molecule has 0 aromatic heterocycles. The first-order valence-corrected chi connectivity index (χ1v) is 8.21. The van der Waals surface area contributed by atoms with Crippen molar-refractivity contribution < 1.29 is 8.42 Å². The smallest absolute Gasteiger partial charge is 0.244 e. The highest BCUT2D eigenvalue weighted by Crippen LogP contribution is 2.29. The van der Waals surface area contributed by atoms with E-state index in [0.717, 1.165) is 25.1 Å². The van der Waals surface area contributed by atoms with Crippen molar-refractivity contribution in [3.63, 3.8) is 0 Å². The molecule has 0 aliphatic carbocycles. The average molecular weight is 303 g/mol. The molecule has 1 heterocycles. The van der Waals surface area contributed by atoms with E-state index in [9.17, 15) is 8.42 Å². The molecule has 1 unspecified atom stereocenters. The summed E-state index contributed by atoms with van der Waals surface area (Å²) in [4.78, 5) is 2.42. The van der Waals surface area contributed by atoms with Crippen LogP contribution in [0.2, 0.25) is 0 Å². The van der Waals surface area contributed by atoms with Crippen molar-refractivity contribution in [2.24, 2.45) is 0 Å². The van der Waals surface area contributed by atoms with Crippen molar-refractivity contribution in [1.82, 2.24) is 4.31 Å². The summed E-state index contributed by atoms with van der Waals surface area (Å²) < 4.78 is 25.9. The third-order valence-corrected chi connectivity index (χ3v) is 5.55. The fourth-order valence-corrected chi connectivity index (χ4v) is 3.70. The highest BCUT2D eigenvalue weighted by atomic mass is 35.5. The lowest BCUT2D eigenvalue weighted by Crippen LogP contribution is -2.37. The summed E-state index contributed by atoms with van der Waals surface area (Å²) in [6.07, 6.45) is 1.98. The van der Waals surface area contributed by atoms with E-state index >= 15 is 0 Å². The van der Waals surface area contributed by atoms with Gasteiger partial charge in [-0.25, -0.2) is 12.7 Å². The number of hydrogen-bond donors (Lipinski definition) is 0. The van der Waals surface area contributed by atoms with Crippen LogP contribution in [0.25, 0.3) is 0 Å². The zero-order valence-electron chi connectivity index (χ0n) is 11.2. The van der Waals surface area contributed by atoms with E-state index in [-0.39, 0.29) is 5.38 Å². The molecule has 1 saturated heterocycles. The van der Waals surface area contributed by atoms with Gasteiger partial charge >= 0.3 is 0 Å². The van der Waals surface area contributed by atoms with Gasteiger partial charge in [-0.15, -0.1) is 11.6 Å². The topological polar surface area (TPSA) is 40.6 Å². The molecule has 1 aromatic rings. The van der Waals surface area contributed by atoms with Gasteiger partial charge in [-0.3, -0.25) is 0 Å². The standard InChI is InChI=1S/C13H19ClN2O2S/c1-15(2)19(17,18)13-8-4-3-7-12(13)16-9-5-6-11(14)10-16/h3-4,7-8,11H,5-6,9-10H2,1-2H3. The molecule has 0 bridgehead atoms. The van der Waals surface area contributed by atoms with Crippen LogP contribution < -0.4 is 4.90 Å². The Morgan fingerprint density at radius 1 is 1.32 bits per heavy atom. The molecular formula is C13H19ClN2O2S. The molecule has 0 N–H and O–H groups in total. The zero-order chi connectivity index (χ0) is 14.0. The molecule has 106 valence electrons. The summed E-state index contributed by atoms with van der Waals surface area (Å²) in [5.74, 6) is 0. The Balaban J connectivity index is 2.42. The molecule has 1 aromatic carbocycles. The highest BCUT2D eigenvalue weighted by Gasteiger charge is 2.26. The van der Waals surface area contributed by atoms with E-state index in [2.05, 4.69) is 4.90 Å². The van der Waals surface area contributed by atoms with Crippen LogP contribution in [0.4, 0.5) is 5.69 Å². The number of alkyl halides is 1. The summed E-state index contributed by atoms with van der Waals surface area (Å²) in [7, 11) is -0.329. The van der Waals surface area contributed by atoms with Crippen LogP contribution in [-0.4, -0.2) is 45.3 Å². The first kappa shape index (κ1) is 14.6. The maximum atomic E-state index is 12.3. The molecule has 1 aliphatic rings. The molecule has 0 radical (unpaired) electrons. The molecule has 4 nitrogen and oxygen atoms in total. The highest BCUT2D eigenvalue weighted by molar-refractivity contribution is 7.89. The van der Waals surface area contributed by atoms with Crippen LogP contribution in [0.3, 0.4) is 0 Å². The average Bonchev–Trinajstić information content (AvgIpc) is 2.38. The van der Waals surface area contributed by atoms with Crippen LogP contribution in [0.15, 0.2) is 29.2 Å². The lowest BCUT2D eigenvalue weighted by atomic mass is 10.1. The number of sulfonamides is 1. The van der Waals surface area contributed by atoms with Gasteiger partial charge in [-0.2, -0.15) is 0 Å². The molecular weight excluding hydrogens is 284 g/mol. The van der Waals surface area contributed by atoms with Gasteiger partial charge in [0, 0.05) is 27.2 Å².